The third-order valence-electron chi connectivity index (χ3n) is 4.17. The van der Waals surface area contributed by atoms with Gasteiger partial charge in [-0.25, -0.2) is 4.99 Å². The van der Waals surface area contributed by atoms with Crippen LogP contribution in [-0.2, 0) is 4.74 Å². The molecule has 0 aromatic rings. The topological polar surface area (TPSA) is 52.8 Å². The van der Waals surface area contributed by atoms with Gasteiger partial charge in [-0.05, 0) is 25.8 Å². The van der Waals surface area contributed by atoms with Gasteiger partial charge in [0.2, 0.25) is 0 Å². The van der Waals surface area contributed by atoms with Crippen LogP contribution in [0.15, 0.2) is 39.3 Å². The lowest BCUT2D eigenvalue weighted by Crippen LogP contribution is -2.44. The van der Waals surface area contributed by atoms with Gasteiger partial charge in [0, 0.05) is 51.2 Å². The third kappa shape index (κ3) is 4.48. The minimum atomic E-state index is 0.589. The highest BCUT2D eigenvalue weighted by atomic mass is 16.5. The number of allylic oxidation sites excluding steroid dienone is 1. The third-order valence-corrected chi connectivity index (χ3v) is 4.17. The van der Waals surface area contributed by atoms with Gasteiger partial charge in [0.15, 0.2) is 5.84 Å². The fourth-order valence-corrected chi connectivity index (χ4v) is 2.86. The van der Waals surface area contributed by atoms with Crippen molar-refractivity contribution in [3.8, 4) is 0 Å². The second-order valence-electron chi connectivity index (χ2n) is 5.84. The zero-order valence-corrected chi connectivity index (χ0v) is 14.0. The number of nitrogens with zero attached hydrogens (tertiary/aromatic N) is 5. The van der Waals surface area contributed by atoms with Crippen LogP contribution in [-0.4, -0.2) is 68.1 Å². The van der Waals surface area contributed by atoms with Crippen LogP contribution in [0.4, 0.5) is 0 Å². The van der Waals surface area contributed by atoms with Crippen LogP contribution < -0.4 is 0 Å². The lowest BCUT2D eigenvalue weighted by atomic mass is 10.2. The summed E-state index contributed by atoms with van der Waals surface area (Å²) in [6, 6.07) is 0.632. The molecule has 2 aliphatic rings. The van der Waals surface area contributed by atoms with E-state index in [2.05, 4.69) is 38.5 Å². The van der Waals surface area contributed by atoms with Crippen molar-refractivity contribution in [2.75, 3.05) is 46.4 Å². The fraction of sp³-hybridized carbons (Fsp3) is 0.688. The molecule has 2 rings (SSSR count). The number of hydrogen-bond donors (Lipinski definition) is 0. The predicted molar refractivity (Wildman–Crippen MR) is 89.2 cm³/mol. The summed E-state index contributed by atoms with van der Waals surface area (Å²) in [4.78, 5) is 9.35. The molecule has 0 amide bonds. The standard InChI is InChI=1S/C16H27N5O/c1-13(2)16(19-17-4)18-11-14(3)21-6-5-15(12-21)20-7-9-22-10-8-20/h11,15H,1,5-10,12H2,2-4H3/b14-11+,18-16?,19-17?. The first-order valence-electron chi connectivity index (χ1n) is 7.89. The van der Waals surface area contributed by atoms with Crippen molar-refractivity contribution in [2.24, 2.45) is 15.2 Å². The van der Waals surface area contributed by atoms with E-state index in [0.29, 0.717) is 11.9 Å². The van der Waals surface area contributed by atoms with Crippen LogP contribution >= 0.6 is 0 Å². The van der Waals surface area contributed by atoms with Crippen molar-refractivity contribution < 1.29 is 4.74 Å². The molecule has 2 fully saturated rings. The highest BCUT2D eigenvalue weighted by Gasteiger charge is 2.28. The Balaban J connectivity index is 1.95. The second kappa shape index (κ2) is 8.19. The number of ether oxygens (including phenoxy) is 1. The summed E-state index contributed by atoms with van der Waals surface area (Å²) in [6.07, 6.45) is 3.08. The molecule has 6 nitrogen and oxygen atoms in total. The van der Waals surface area contributed by atoms with Gasteiger partial charge in [-0.15, -0.1) is 5.11 Å². The molecule has 0 N–H and O–H groups in total. The maximum absolute atomic E-state index is 5.43. The highest BCUT2D eigenvalue weighted by Crippen LogP contribution is 2.20. The van der Waals surface area contributed by atoms with E-state index < -0.39 is 0 Å². The van der Waals surface area contributed by atoms with Crippen molar-refractivity contribution >= 4 is 5.84 Å². The van der Waals surface area contributed by atoms with E-state index in [0.717, 1.165) is 45.0 Å². The Morgan fingerprint density at radius 3 is 2.59 bits per heavy atom. The van der Waals surface area contributed by atoms with Gasteiger partial charge in [0.25, 0.3) is 0 Å². The van der Waals surface area contributed by atoms with Crippen molar-refractivity contribution in [3.05, 3.63) is 24.0 Å². The monoisotopic (exact) mass is 305 g/mol. The van der Waals surface area contributed by atoms with Gasteiger partial charge in [-0.3, -0.25) is 4.90 Å². The van der Waals surface area contributed by atoms with Gasteiger partial charge in [-0.2, -0.15) is 5.11 Å². The average molecular weight is 305 g/mol. The molecule has 1 atom stereocenters. The molecule has 0 spiro atoms. The molecule has 0 radical (unpaired) electrons. The molecule has 0 aromatic heterocycles. The quantitative estimate of drug-likeness (QED) is 0.455. The summed E-state index contributed by atoms with van der Waals surface area (Å²) in [7, 11) is 1.64. The van der Waals surface area contributed by atoms with Gasteiger partial charge in [0.05, 0.1) is 13.2 Å². The molecule has 22 heavy (non-hydrogen) atoms. The van der Waals surface area contributed by atoms with E-state index in [9.17, 15) is 0 Å². The van der Waals surface area contributed by atoms with E-state index in [1.165, 1.54) is 12.1 Å². The normalized spacial score (nSPS) is 25.2. The average Bonchev–Trinajstić information content (AvgIpc) is 3.01. The van der Waals surface area contributed by atoms with Crippen molar-refractivity contribution in [2.45, 2.75) is 26.3 Å². The maximum Gasteiger partial charge on any atom is 0.176 e. The van der Waals surface area contributed by atoms with Gasteiger partial charge in [0.1, 0.15) is 0 Å². The smallest absolute Gasteiger partial charge is 0.176 e. The Kier molecular flexibility index (Phi) is 6.27. The van der Waals surface area contributed by atoms with Crippen LogP contribution in [0.5, 0.6) is 0 Å². The minimum Gasteiger partial charge on any atom is -0.379 e. The molecule has 0 bridgehead atoms. The summed E-state index contributed by atoms with van der Waals surface area (Å²) in [6.45, 7) is 13.8. The Morgan fingerprint density at radius 1 is 1.23 bits per heavy atom. The first-order chi connectivity index (χ1) is 10.6. The number of rotatable bonds is 4. The first-order valence-corrected chi connectivity index (χ1v) is 7.89. The highest BCUT2D eigenvalue weighted by molar-refractivity contribution is 5.97. The molecular formula is C16H27N5O. The van der Waals surface area contributed by atoms with Gasteiger partial charge >= 0.3 is 0 Å². The van der Waals surface area contributed by atoms with Crippen LogP contribution in [0.1, 0.15) is 20.3 Å². The molecule has 1 unspecified atom stereocenters. The van der Waals surface area contributed by atoms with Crippen molar-refractivity contribution in [1.29, 1.82) is 0 Å². The zero-order chi connectivity index (χ0) is 15.9. The molecule has 0 saturated carbocycles. The number of morpholine rings is 1. The Labute approximate surface area is 133 Å². The summed E-state index contributed by atoms with van der Waals surface area (Å²) in [5, 5.41) is 7.78. The summed E-state index contributed by atoms with van der Waals surface area (Å²) >= 11 is 0. The number of azo groups is 1. The maximum atomic E-state index is 5.43. The van der Waals surface area contributed by atoms with Crippen LogP contribution in [0, 0.1) is 0 Å². The molecule has 122 valence electrons. The number of hydrogen-bond acceptors (Lipinski definition) is 5. The molecule has 2 aliphatic heterocycles. The van der Waals surface area contributed by atoms with Crippen molar-refractivity contribution in [3.63, 3.8) is 0 Å². The van der Waals surface area contributed by atoms with Crippen LogP contribution in [0.25, 0.3) is 0 Å². The number of likely N-dealkylation sites (tertiary alicyclic amines) is 1. The zero-order valence-electron chi connectivity index (χ0n) is 14.0. The second-order valence-corrected chi connectivity index (χ2v) is 5.84. The lowest BCUT2D eigenvalue weighted by Gasteiger charge is -2.32. The summed E-state index contributed by atoms with van der Waals surface area (Å²) in [5.74, 6) is 0.589. The van der Waals surface area contributed by atoms with E-state index in [4.69, 9.17) is 4.74 Å². The van der Waals surface area contributed by atoms with Crippen LogP contribution in [0.3, 0.4) is 0 Å². The van der Waals surface area contributed by atoms with Gasteiger partial charge in [-0.1, -0.05) is 6.58 Å². The summed E-state index contributed by atoms with van der Waals surface area (Å²) in [5.41, 5.74) is 1.99. The van der Waals surface area contributed by atoms with Crippen molar-refractivity contribution in [1.82, 2.24) is 9.80 Å². The Bertz CT molecular complexity index is 477. The number of amidine groups is 1. The molecular weight excluding hydrogens is 278 g/mol. The SMILES string of the molecule is C=C(C)C(N=NC)=N/C=C(\C)N1CCC(N2CCOCC2)C1. The Morgan fingerprint density at radius 2 is 1.95 bits per heavy atom. The largest absolute Gasteiger partial charge is 0.379 e. The number of aliphatic imine (C=N–C) groups is 1. The van der Waals surface area contributed by atoms with E-state index in [1.807, 2.05) is 13.1 Å². The van der Waals surface area contributed by atoms with E-state index >= 15 is 0 Å². The lowest BCUT2D eigenvalue weighted by molar-refractivity contribution is 0.0191. The Hall–Kier alpha value is -1.53. The van der Waals surface area contributed by atoms with E-state index in [1.54, 1.807) is 7.05 Å². The van der Waals surface area contributed by atoms with Gasteiger partial charge < -0.3 is 9.64 Å². The molecule has 0 aromatic carbocycles. The minimum absolute atomic E-state index is 0.589. The fourth-order valence-electron chi connectivity index (χ4n) is 2.86. The predicted octanol–water partition coefficient (Wildman–Crippen LogP) is 2.31. The van der Waals surface area contributed by atoms with Crippen LogP contribution in [0.2, 0.25) is 0 Å². The molecule has 2 heterocycles. The molecule has 0 aliphatic carbocycles. The molecule has 6 heteroatoms. The summed E-state index contributed by atoms with van der Waals surface area (Å²) < 4.78 is 5.43. The van der Waals surface area contributed by atoms with E-state index in [-0.39, 0.29) is 0 Å². The molecule has 2 saturated heterocycles. The first kappa shape index (κ1) is 16.8.